The molecule has 0 rings (SSSR count). The van der Waals surface area contributed by atoms with Crippen molar-refractivity contribution >= 4 is 5.91 Å². The summed E-state index contributed by atoms with van der Waals surface area (Å²) in [5.74, 6) is -0.606. The lowest BCUT2D eigenvalue weighted by atomic mass is 10.00. The van der Waals surface area contributed by atoms with E-state index in [0.29, 0.717) is 19.3 Å². The third kappa shape index (κ3) is 36.2. The average Bonchev–Trinajstić information content (AvgIpc) is 3.18. The smallest absolute Gasteiger partial charge is 0.249 e. The van der Waals surface area contributed by atoms with E-state index in [-0.39, 0.29) is 0 Å². The molecule has 0 saturated heterocycles. The second kappa shape index (κ2) is 42.7. The molecule has 0 aliphatic heterocycles. The van der Waals surface area contributed by atoms with Gasteiger partial charge in [-0.05, 0) is 77.0 Å². The molecule has 0 fully saturated rings. The van der Waals surface area contributed by atoms with E-state index in [0.717, 1.165) is 51.4 Å². The molecule has 4 atom stereocenters. The molecule has 1 amide bonds. The number of aliphatic hydroxyl groups is 4. The Balaban J connectivity index is 3.78. The van der Waals surface area contributed by atoms with Gasteiger partial charge in [-0.3, -0.25) is 4.79 Å². The van der Waals surface area contributed by atoms with E-state index in [9.17, 15) is 25.2 Å². The Hall–Kier alpha value is -1.47. The van der Waals surface area contributed by atoms with Crippen molar-refractivity contribution in [1.82, 2.24) is 5.32 Å². The first-order valence-electron chi connectivity index (χ1n) is 23.4. The summed E-state index contributed by atoms with van der Waals surface area (Å²) in [5, 5.41) is 43.7. The van der Waals surface area contributed by atoms with E-state index in [4.69, 9.17) is 0 Å². The van der Waals surface area contributed by atoms with Crippen molar-refractivity contribution in [2.45, 2.75) is 257 Å². The van der Waals surface area contributed by atoms with Crippen LogP contribution in [0.5, 0.6) is 0 Å². The van der Waals surface area contributed by atoms with Gasteiger partial charge in [-0.2, -0.15) is 0 Å². The zero-order chi connectivity index (χ0) is 39.6. The lowest BCUT2D eigenvalue weighted by Crippen LogP contribution is -2.53. The minimum absolute atomic E-state index is 0.346. The number of carbonyl (C=O) groups is 1. The molecule has 0 aliphatic rings. The van der Waals surface area contributed by atoms with Gasteiger partial charge in [0, 0.05) is 0 Å². The second-order valence-electron chi connectivity index (χ2n) is 16.1. The van der Waals surface area contributed by atoms with E-state index in [1.165, 1.54) is 148 Å². The second-order valence-corrected chi connectivity index (χ2v) is 16.1. The van der Waals surface area contributed by atoms with Gasteiger partial charge in [0.1, 0.15) is 12.2 Å². The normalized spacial score (nSPS) is 14.4. The van der Waals surface area contributed by atoms with Crippen molar-refractivity contribution in [2.24, 2.45) is 0 Å². The monoisotopic (exact) mass is 762 g/mol. The first-order valence-corrected chi connectivity index (χ1v) is 23.4. The number of allylic oxidation sites excluding steroid dienone is 6. The van der Waals surface area contributed by atoms with Crippen LogP contribution in [0.3, 0.4) is 0 Å². The molecule has 54 heavy (non-hydrogen) atoms. The standard InChI is InChI=1S/C48H91NO5/c1-3-5-7-9-11-13-15-17-19-20-21-22-23-24-25-26-28-29-31-33-35-37-39-41-45(51)47(53)44(43-50)49-48(54)46(52)42-40-38-36-34-32-30-27-18-16-14-12-10-8-6-4-2/h26-28,30,33,35,44-47,50-53H,3-25,29,31-32,34,36-43H2,1-2H3,(H,49,54)/b28-26+,30-27-,35-33+. The van der Waals surface area contributed by atoms with Crippen LogP contribution >= 0.6 is 0 Å². The Labute approximate surface area is 335 Å². The van der Waals surface area contributed by atoms with Crippen molar-refractivity contribution in [3.8, 4) is 0 Å². The molecule has 0 aromatic heterocycles. The predicted octanol–water partition coefficient (Wildman–Crippen LogP) is 12.5. The van der Waals surface area contributed by atoms with Crippen LogP contribution in [0.15, 0.2) is 36.5 Å². The van der Waals surface area contributed by atoms with Gasteiger partial charge in [-0.1, -0.05) is 192 Å². The molecule has 0 heterocycles. The van der Waals surface area contributed by atoms with E-state index < -0.39 is 36.9 Å². The van der Waals surface area contributed by atoms with Gasteiger partial charge in [0.2, 0.25) is 5.91 Å². The predicted molar refractivity (Wildman–Crippen MR) is 233 cm³/mol. The summed E-state index contributed by atoms with van der Waals surface area (Å²) in [4.78, 5) is 12.5. The first-order chi connectivity index (χ1) is 26.5. The Morgan fingerprint density at radius 3 is 1.17 bits per heavy atom. The first kappa shape index (κ1) is 52.5. The summed E-state index contributed by atoms with van der Waals surface area (Å²) in [5.41, 5.74) is 0. The maximum Gasteiger partial charge on any atom is 0.249 e. The number of carbonyl (C=O) groups excluding carboxylic acids is 1. The van der Waals surface area contributed by atoms with Crippen LogP contribution in [0.1, 0.15) is 232 Å². The summed E-state index contributed by atoms with van der Waals surface area (Å²) in [6.45, 7) is 4.03. The van der Waals surface area contributed by atoms with Crippen LogP contribution in [0, 0.1) is 0 Å². The van der Waals surface area contributed by atoms with Crippen LogP contribution in [-0.4, -0.2) is 57.3 Å². The Morgan fingerprint density at radius 1 is 0.444 bits per heavy atom. The molecule has 0 aromatic carbocycles. The topological polar surface area (TPSA) is 110 Å². The zero-order valence-electron chi connectivity index (χ0n) is 35.7. The number of amides is 1. The summed E-state index contributed by atoms with van der Waals surface area (Å²) >= 11 is 0. The molecule has 0 aromatic rings. The highest BCUT2D eigenvalue weighted by Gasteiger charge is 2.28. The molecule has 0 spiro atoms. The summed E-state index contributed by atoms with van der Waals surface area (Å²) in [6.07, 6.45) is 50.4. The average molecular weight is 762 g/mol. The summed E-state index contributed by atoms with van der Waals surface area (Å²) in [6, 6.07) is -1.01. The Bertz CT molecular complexity index is 858. The molecular weight excluding hydrogens is 671 g/mol. The van der Waals surface area contributed by atoms with Crippen LogP contribution in [0.25, 0.3) is 0 Å². The molecule has 0 aliphatic carbocycles. The number of aliphatic hydroxyl groups excluding tert-OH is 4. The lowest BCUT2D eigenvalue weighted by Gasteiger charge is -2.27. The molecule has 318 valence electrons. The zero-order valence-corrected chi connectivity index (χ0v) is 35.7. The quantitative estimate of drug-likeness (QED) is 0.0314. The van der Waals surface area contributed by atoms with E-state index >= 15 is 0 Å². The molecule has 6 heteroatoms. The minimum atomic E-state index is -1.29. The van der Waals surface area contributed by atoms with Crippen molar-refractivity contribution < 1.29 is 25.2 Å². The van der Waals surface area contributed by atoms with Gasteiger partial charge in [-0.15, -0.1) is 0 Å². The van der Waals surface area contributed by atoms with Gasteiger partial charge in [-0.25, -0.2) is 0 Å². The molecular formula is C48H91NO5. The van der Waals surface area contributed by atoms with Gasteiger partial charge >= 0.3 is 0 Å². The van der Waals surface area contributed by atoms with E-state index in [1.54, 1.807) is 0 Å². The number of unbranched alkanes of at least 4 members (excludes halogenated alkanes) is 27. The molecule has 6 nitrogen and oxygen atoms in total. The van der Waals surface area contributed by atoms with E-state index in [2.05, 4.69) is 55.6 Å². The van der Waals surface area contributed by atoms with Gasteiger partial charge in [0.25, 0.3) is 0 Å². The fourth-order valence-corrected chi connectivity index (χ4v) is 7.06. The third-order valence-corrected chi connectivity index (χ3v) is 10.8. The number of nitrogens with one attached hydrogen (secondary N) is 1. The van der Waals surface area contributed by atoms with Crippen LogP contribution in [-0.2, 0) is 4.79 Å². The van der Waals surface area contributed by atoms with Gasteiger partial charge in [0.15, 0.2) is 0 Å². The number of hydrogen-bond acceptors (Lipinski definition) is 5. The van der Waals surface area contributed by atoms with Crippen molar-refractivity contribution in [3.05, 3.63) is 36.5 Å². The molecule has 0 radical (unpaired) electrons. The molecule has 0 saturated carbocycles. The van der Waals surface area contributed by atoms with Crippen LogP contribution in [0.2, 0.25) is 0 Å². The van der Waals surface area contributed by atoms with Crippen molar-refractivity contribution in [3.63, 3.8) is 0 Å². The lowest BCUT2D eigenvalue weighted by molar-refractivity contribution is -0.132. The van der Waals surface area contributed by atoms with Crippen molar-refractivity contribution in [2.75, 3.05) is 6.61 Å². The van der Waals surface area contributed by atoms with Crippen molar-refractivity contribution in [1.29, 1.82) is 0 Å². The van der Waals surface area contributed by atoms with Crippen LogP contribution < -0.4 is 5.32 Å². The summed E-state index contributed by atoms with van der Waals surface area (Å²) in [7, 11) is 0. The highest BCUT2D eigenvalue weighted by molar-refractivity contribution is 5.80. The molecule has 0 bridgehead atoms. The maximum absolute atomic E-state index is 12.5. The molecule has 5 N–H and O–H groups in total. The number of hydrogen-bond donors (Lipinski definition) is 5. The van der Waals surface area contributed by atoms with E-state index in [1.807, 2.05) is 0 Å². The fraction of sp³-hybridized carbons (Fsp3) is 0.854. The van der Waals surface area contributed by atoms with Gasteiger partial charge in [0.05, 0.1) is 18.8 Å². The highest BCUT2D eigenvalue weighted by Crippen LogP contribution is 2.15. The number of rotatable bonds is 42. The minimum Gasteiger partial charge on any atom is -0.394 e. The largest absolute Gasteiger partial charge is 0.394 e. The SMILES string of the molecule is CCCCCCCCC/C=C\CCCCCCC(O)C(=O)NC(CO)C(O)C(O)CCC/C=C/CC/C=C/CCCCCCCCCCCCCCCC. The molecule has 4 unspecified atom stereocenters. The Kier molecular flexibility index (Phi) is 41.5. The Morgan fingerprint density at radius 2 is 0.778 bits per heavy atom. The highest BCUT2D eigenvalue weighted by atomic mass is 16.3. The third-order valence-electron chi connectivity index (χ3n) is 10.8. The van der Waals surface area contributed by atoms with Gasteiger partial charge < -0.3 is 25.7 Å². The fourth-order valence-electron chi connectivity index (χ4n) is 7.06. The van der Waals surface area contributed by atoms with Crippen LogP contribution in [0.4, 0.5) is 0 Å². The summed E-state index contributed by atoms with van der Waals surface area (Å²) < 4.78 is 0. The maximum atomic E-state index is 12.5.